The molecule has 8 heteroatoms. The van der Waals surface area contributed by atoms with Crippen molar-refractivity contribution < 1.29 is 29.0 Å². The van der Waals surface area contributed by atoms with E-state index in [1.807, 2.05) is 50.2 Å². The number of carboxylic acid groups (broad SMARTS) is 1. The number of fused-ring (bicyclic) bond motifs is 3. The van der Waals surface area contributed by atoms with E-state index in [1.165, 1.54) is 12.0 Å². The largest absolute Gasteiger partial charge is 0.480 e. The molecular weight excluding hydrogens is 448 g/mol. The summed E-state index contributed by atoms with van der Waals surface area (Å²) in [6, 6.07) is 16.1. The maximum absolute atomic E-state index is 13.5. The van der Waals surface area contributed by atoms with Crippen LogP contribution in [0.1, 0.15) is 44.2 Å². The molecule has 2 amide bonds. The number of methoxy groups -OCH3 is 1. The average Bonchev–Trinajstić information content (AvgIpc) is 3.14. The lowest BCUT2D eigenvalue weighted by molar-refractivity contribution is -0.149. The van der Waals surface area contributed by atoms with Gasteiger partial charge in [-0.15, -0.1) is 0 Å². The number of carboxylic acids is 1. The summed E-state index contributed by atoms with van der Waals surface area (Å²) in [5, 5.41) is 12.0. The van der Waals surface area contributed by atoms with Gasteiger partial charge in [-0.1, -0.05) is 69.3 Å². The van der Waals surface area contributed by atoms with Crippen LogP contribution in [0.3, 0.4) is 0 Å². The van der Waals surface area contributed by atoms with Gasteiger partial charge in [0.25, 0.3) is 5.91 Å². The van der Waals surface area contributed by atoms with Gasteiger partial charge < -0.3 is 24.8 Å². The smallest absolute Gasteiger partial charge is 0.408 e. The van der Waals surface area contributed by atoms with Crippen molar-refractivity contribution in [1.29, 1.82) is 0 Å². The van der Waals surface area contributed by atoms with E-state index in [2.05, 4.69) is 17.4 Å². The lowest BCUT2D eigenvalue weighted by atomic mass is 9.94. The third-order valence-electron chi connectivity index (χ3n) is 6.29. The zero-order chi connectivity index (χ0) is 25.6. The lowest BCUT2D eigenvalue weighted by Gasteiger charge is -2.36. The van der Waals surface area contributed by atoms with Crippen LogP contribution in [-0.2, 0) is 19.1 Å². The first-order valence-corrected chi connectivity index (χ1v) is 11.9. The number of nitrogens with zero attached hydrogens (tertiary/aromatic N) is 1. The average molecular weight is 483 g/mol. The Morgan fingerprint density at radius 2 is 1.63 bits per heavy atom. The molecular formula is C27H34N2O6. The zero-order valence-electron chi connectivity index (χ0n) is 20.7. The molecule has 2 aromatic carbocycles. The first kappa shape index (κ1) is 26.2. The van der Waals surface area contributed by atoms with Gasteiger partial charge in [-0.3, -0.25) is 9.59 Å². The summed E-state index contributed by atoms with van der Waals surface area (Å²) in [4.78, 5) is 39.1. The highest BCUT2D eigenvalue weighted by Gasteiger charge is 2.43. The number of carbonyl (C=O) groups excluding carboxylic acids is 2. The molecule has 2 N–H and O–H groups in total. The van der Waals surface area contributed by atoms with Crippen molar-refractivity contribution in [2.24, 2.45) is 5.92 Å². The second-order valence-corrected chi connectivity index (χ2v) is 9.29. The van der Waals surface area contributed by atoms with Gasteiger partial charge in [0.2, 0.25) is 0 Å². The highest BCUT2D eigenvalue weighted by molar-refractivity contribution is 5.92. The van der Waals surface area contributed by atoms with Crippen LogP contribution in [0.25, 0.3) is 11.1 Å². The minimum atomic E-state index is -1.44. The molecule has 1 unspecified atom stereocenters. The van der Waals surface area contributed by atoms with Crippen LogP contribution in [-0.4, -0.2) is 66.9 Å². The highest BCUT2D eigenvalue weighted by atomic mass is 16.5. The molecule has 35 heavy (non-hydrogen) atoms. The van der Waals surface area contributed by atoms with E-state index < -0.39 is 30.1 Å². The van der Waals surface area contributed by atoms with Crippen LogP contribution in [0.5, 0.6) is 0 Å². The molecule has 1 aliphatic carbocycles. The highest BCUT2D eigenvalue weighted by Crippen LogP contribution is 2.44. The fraction of sp³-hybridized carbons (Fsp3) is 0.444. The molecule has 3 rings (SSSR count). The van der Waals surface area contributed by atoms with Gasteiger partial charge >= 0.3 is 12.1 Å². The predicted octanol–water partition coefficient (Wildman–Crippen LogP) is 3.89. The van der Waals surface area contributed by atoms with Crippen LogP contribution in [0.2, 0.25) is 0 Å². The quantitative estimate of drug-likeness (QED) is 0.504. The van der Waals surface area contributed by atoms with E-state index in [1.54, 1.807) is 6.92 Å². The fourth-order valence-electron chi connectivity index (χ4n) is 4.70. The number of amides is 2. The number of hydrogen-bond donors (Lipinski definition) is 2. The van der Waals surface area contributed by atoms with Crippen molar-refractivity contribution in [1.82, 2.24) is 10.2 Å². The minimum absolute atomic E-state index is 0.0462. The molecule has 0 bridgehead atoms. The molecule has 0 fully saturated rings. The van der Waals surface area contributed by atoms with Gasteiger partial charge in [0.15, 0.2) is 0 Å². The molecule has 2 aromatic rings. The molecule has 0 aromatic heterocycles. The Bertz CT molecular complexity index is 1020. The molecule has 8 nitrogen and oxygen atoms in total. The van der Waals surface area contributed by atoms with Crippen LogP contribution in [0.15, 0.2) is 48.5 Å². The van der Waals surface area contributed by atoms with Gasteiger partial charge in [0.05, 0.1) is 6.61 Å². The molecule has 188 valence electrons. The number of benzene rings is 2. The molecule has 1 aliphatic rings. The Kier molecular flexibility index (Phi) is 8.51. The molecule has 0 heterocycles. The van der Waals surface area contributed by atoms with Crippen molar-refractivity contribution in [2.45, 2.75) is 38.6 Å². The van der Waals surface area contributed by atoms with Crippen molar-refractivity contribution in [3.05, 3.63) is 59.7 Å². The molecule has 0 saturated heterocycles. The van der Waals surface area contributed by atoms with E-state index in [9.17, 15) is 19.5 Å². The first-order chi connectivity index (χ1) is 16.7. The van der Waals surface area contributed by atoms with Gasteiger partial charge in [-0.05, 0) is 34.6 Å². The van der Waals surface area contributed by atoms with E-state index in [4.69, 9.17) is 9.47 Å². The van der Waals surface area contributed by atoms with Crippen molar-refractivity contribution in [3.8, 4) is 11.1 Å². The van der Waals surface area contributed by atoms with Crippen LogP contribution in [0, 0.1) is 5.92 Å². The summed E-state index contributed by atoms with van der Waals surface area (Å²) >= 11 is 0. The maximum Gasteiger partial charge on any atom is 0.408 e. The molecule has 0 spiro atoms. The molecule has 0 saturated carbocycles. The molecule has 0 radical (unpaired) electrons. The van der Waals surface area contributed by atoms with Crippen LogP contribution in [0.4, 0.5) is 4.79 Å². The van der Waals surface area contributed by atoms with Gasteiger partial charge in [0, 0.05) is 19.6 Å². The number of ether oxygens (including phenoxy) is 2. The topological polar surface area (TPSA) is 105 Å². The van der Waals surface area contributed by atoms with Crippen LogP contribution < -0.4 is 5.32 Å². The fourth-order valence-corrected chi connectivity index (χ4v) is 4.70. The van der Waals surface area contributed by atoms with Crippen LogP contribution >= 0.6 is 0 Å². The number of rotatable bonds is 11. The zero-order valence-corrected chi connectivity index (χ0v) is 20.7. The van der Waals surface area contributed by atoms with Gasteiger partial charge in [0.1, 0.15) is 18.7 Å². The van der Waals surface area contributed by atoms with E-state index in [0.717, 1.165) is 22.3 Å². The molecule has 1 atom stereocenters. The Balaban J connectivity index is 1.78. The Morgan fingerprint density at radius 1 is 1.06 bits per heavy atom. The minimum Gasteiger partial charge on any atom is -0.480 e. The summed E-state index contributed by atoms with van der Waals surface area (Å²) in [5.41, 5.74) is 2.96. The third-order valence-corrected chi connectivity index (χ3v) is 6.29. The standard InChI is InChI=1S/C27H34N2O6/c1-5-27(17-34-4,25(32)29(14-18(2)3)15-24(30)31)28-26(33)35-16-23-21-12-8-6-10-19(21)20-11-7-9-13-22(20)23/h6-13,18,23H,5,14-17H2,1-4H3,(H,28,33)(H,30,31). The van der Waals surface area contributed by atoms with Crippen molar-refractivity contribution >= 4 is 18.0 Å². The SMILES string of the molecule is CCC(COC)(NC(=O)OCC1c2ccccc2-c2ccccc21)C(=O)N(CC(=O)O)CC(C)C. The summed E-state index contributed by atoms with van der Waals surface area (Å²) in [5.74, 6) is -1.70. The second-order valence-electron chi connectivity index (χ2n) is 9.29. The summed E-state index contributed by atoms with van der Waals surface area (Å²) in [6.45, 7) is 5.30. The van der Waals surface area contributed by atoms with E-state index in [-0.39, 0.29) is 38.0 Å². The number of nitrogens with one attached hydrogen (secondary N) is 1. The molecule has 0 aliphatic heterocycles. The normalized spacial score (nSPS) is 14.1. The van der Waals surface area contributed by atoms with Crippen molar-refractivity contribution in [2.75, 3.05) is 33.4 Å². The maximum atomic E-state index is 13.5. The number of carbonyl (C=O) groups is 3. The Hall–Kier alpha value is -3.39. The monoisotopic (exact) mass is 482 g/mol. The summed E-state index contributed by atoms with van der Waals surface area (Å²) in [7, 11) is 1.43. The number of hydrogen-bond acceptors (Lipinski definition) is 5. The predicted molar refractivity (Wildman–Crippen MR) is 132 cm³/mol. The third kappa shape index (κ3) is 5.82. The second kappa shape index (κ2) is 11.4. The first-order valence-electron chi connectivity index (χ1n) is 11.9. The Labute approximate surface area is 206 Å². The lowest BCUT2D eigenvalue weighted by Crippen LogP contribution is -2.63. The van der Waals surface area contributed by atoms with Gasteiger partial charge in [-0.25, -0.2) is 4.79 Å². The van der Waals surface area contributed by atoms with Gasteiger partial charge in [-0.2, -0.15) is 0 Å². The summed E-state index contributed by atoms with van der Waals surface area (Å²) in [6.07, 6.45) is -0.545. The van der Waals surface area contributed by atoms with E-state index in [0.29, 0.717) is 0 Å². The number of alkyl carbamates (subject to hydrolysis) is 1. The van der Waals surface area contributed by atoms with E-state index >= 15 is 0 Å². The Morgan fingerprint density at radius 3 is 2.11 bits per heavy atom. The van der Waals surface area contributed by atoms with Crippen molar-refractivity contribution in [3.63, 3.8) is 0 Å². The summed E-state index contributed by atoms with van der Waals surface area (Å²) < 4.78 is 10.9. The number of aliphatic carboxylic acids is 1.